The number of methoxy groups -OCH3 is 1. The Balaban J connectivity index is 1.62. The van der Waals surface area contributed by atoms with E-state index in [0.29, 0.717) is 29.4 Å². The van der Waals surface area contributed by atoms with Gasteiger partial charge in [-0.05, 0) is 54.1 Å². The summed E-state index contributed by atoms with van der Waals surface area (Å²) in [5.41, 5.74) is 2.02. The third-order valence-corrected chi connectivity index (χ3v) is 3.76. The molecule has 3 aromatic rings. The molecule has 132 valence electrons. The highest BCUT2D eigenvalue weighted by molar-refractivity contribution is 6.04. The van der Waals surface area contributed by atoms with E-state index in [9.17, 15) is 9.18 Å². The van der Waals surface area contributed by atoms with Crippen molar-refractivity contribution in [2.45, 2.75) is 6.61 Å². The molecule has 5 heteroatoms. The number of rotatable bonds is 6. The number of carbonyl (C=O) groups is 1. The van der Waals surface area contributed by atoms with Crippen LogP contribution in [0, 0.1) is 5.82 Å². The molecule has 0 saturated heterocycles. The van der Waals surface area contributed by atoms with Crippen molar-refractivity contribution in [3.8, 4) is 11.5 Å². The summed E-state index contributed by atoms with van der Waals surface area (Å²) >= 11 is 0. The van der Waals surface area contributed by atoms with Crippen LogP contribution in [-0.4, -0.2) is 13.0 Å². The fourth-order valence-electron chi connectivity index (χ4n) is 2.36. The highest BCUT2D eigenvalue weighted by atomic mass is 19.1. The number of hydrogen-bond acceptors (Lipinski definition) is 3. The van der Waals surface area contributed by atoms with E-state index in [0.717, 1.165) is 5.56 Å². The van der Waals surface area contributed by atoms with Gasteiger partial charge in [-0.2, -0.15) is 0 Å². The van der Waals surface area contributed by atoms with E-state index in [1.807, 2.05) is 0 Å². The van der Waals surface area contributed by atoms with Crippen molar-refractivity contribution < 1.29 is 18.7 Å². The summed E-state index contributed by atoms with van der Waals surface area (Å²) in [6.45, 7) is 0.316. The number of benzene rings is 3. The Morgan fingerprint density at radius 2 is 1.69 bits per heavy atom. The third-order valence-electron chi connectivity index (χ3n) is 3.76. The molecule has 3 rings (SSSR count). The minimum Gasteiger partial charge on any atom is -0.497 e. The second kappa shape index (κ2) is 8.16. The maximum atomic E-state index is 12.9. The summed E-state index contributed by atoms with van der Waals surface area (Å²) in [5.74, 6) is 0.805. The molecule has 0 heterocycles. The summed E-state index contributed by atoms with van der Waals surface area (Å²) in [4.78, 5) is 12.3. The molecule has 0 aliphatic heterocycles. The molecular weight excluding hydrogens is 333 g/mol. The van der Waals surface area contributed by atoms with Crippen molar-refractivity contribution in [2.75, 3.05) is 12.4 Å². The standard InChI is InChI=1S/C21H18FNO3/c1-25-19-11-7-16(8-12-19)21(24)23-18-3-2-4-20(13-18)26-14-15-5-9-17(22)10-6-15/h2-13H,14H2,1H3,(H,23,24). The van der Waals surface area contributed by atoms with Crippen LogP contribution in [0.3, 0.4) is 0 Å². The zero-order chi connectivity index (χ0) is 18.4. The van der Waals surface area contributed by atoms with Crippen LogP contribution in [0.4, 0.5) is 10.1 Å². The van der Waals surface area contributed by atoms with Crippen molar-refractivity contribution in [2.24, 2.45) is 0 Å². The van der Waals surface area contributed by atoms with Gasteiger partial charge in [0.15, 0.2) is 0 Å². The number of ether oxygens (including phenoxy) is 2. The molecule has 1 N–H and O–H groups in total. The van der Waals surface area contributed by atoms with Crippen molar-refractivity contribution in [3.05, 3.63) is 89.7 Å². The Hall–Kier alpha value is -3.34. The lowest BCUT2D eigenvalue weighted by Gasteiger charge is -2.10. The molecular formula is C21H18FNO3. The van der Waals surface area contributed by atoms with Gasteiger partial charge in [-0.25, -0.2) is 4.39 Å². The SMILES string of the molecule is COc1ccc(C(=O)Nc2cccc(OCc3ccc(F)cc3)c2)cc1. The van der Waals surface area contributed by atoms with E-state index >= 15 is 0 Å². The molecule has 0 aromatic heterocycles. The Bertz CT molecular complexity index is 877. The third kappa shape index (κ3) is 4.60. The van der Waals surface area contributed by atoms with Crippen LogP contribution in [0.15, 0.2) is 72.8 Å². The maximum absolute atomic E-state index is 12.9. The highest BCUT2D eigenvalue weighted by Crippen LogP contribution is 2.20. The molecule has 0 fully saturated rings. The fraction of sp³-hybridized carbons (Fsp3) is 0.0952. The molecule has 26 heavy (non-hydrogen) atoms. The Morgan fingerprint density at radius 1 is 0.962 bits per heavy atom. The summed E-state index contributed by atoms with van der Waals surface area (Å²) in [5, 5.41) is 2.83. The Kier molecular flexibility index (Phi) is 5.49. The van der Waals surface area contributed by atoms with Crippen molar-refractivity contribution in [1.29, 1.82) is 0 Å². The smallest absolute Gasteiger partial charge is 0.255 e. The van der Waals surface area contributed by atoms with Crippen LogP contribution in [0.2, 0.25) is 0 Å². The lowest BCUT2D eigenvalue weighted by atomic mass is 10.2. The van der Waals surface area contributed by atoms with Crippen LogP contribution in [-0.2, 0) is 6.61 Å². The van der Waals surface area contributed by atoms with Gasteiger partial charge in [-0.15, -0.1) is 0 Å². The lowest BCUT2D eigenvalue weighted by Crippen LogP contribution is -2.11. The summed E-state index contributed by atoms with van der Waals surface area (Å²) < 4.78 is 23.7. The number of carbonyl (C=O) groups excluding carboxylic acids is 1. The van der Waals surface area contributed by atoms with Crippen molar-refractivity contribution >= 4 is 11.6 Å². The van der Waals surface area contributed by atoms with Gasteiger partial charge in [0, 0.05) is 17.3 Å². The first-order chi connectivity index (χ1) is 12.6. The predicted octanol–water partition coefficient (Wildman–Crippen LogP) is 4.67. The number of nitrogens with one attached hydrogen (secondary N) is 1. The van der Waals surface area contributed by atoms with E-state index in [1.54, 1.807) is 67.8 Å². The first kappa shape index (κ1) is 17.5. The molecule has 0 saturated carbocycles. The predicted molar refractivity (Wildman–Crippen MR) is 98.1 cm³/mol. The molecule has 4 nitrogen and oxygen atoms in total. The van der Waals surface area contributed by atoms with Crippen LogP contribution in [0.25, 0.3) is 0 Å². The molecule has 1 amide bonds. The van der Waals surface area contributed by atoms with E-state index < -0.39 is 0 Å². The average Bonchev–Trinajstić information content (AvgIpc) is 2.68. The van der Waals surface area contributed by atoms with Gasteiger partial charge < -0.3 is 14.8 Å². The van der Waals surface area contributed by atoms with Crippen LogP contribution in [0.5, 0.6) is 11.5 Å². The highest BCUT2D eigenvalue weighted by Gasteiger charge is 2.07. The van der Waals surface area contributed by atoms with Crippen molar-refractivity contribution in [3.63, 3.8) is 0 Å². The molecule has 0 aliphatic carbocycles. The quantitative estimate of drug-likeness (QED) is 0.702. The largest absolute Gasteiger partial charge is 0.497 e. The second-order valence-corrected chi connectivity index (χ2v) is 5.63. The molecule has 3 aromatic carbocycles. The lowest BCUT2D eigenvalue weighted by molar-refractivity contribution is 0.102. The number of hydrogen-bond donors (Lipinski definition) is 1. The molecule has 0 atom stereocenters. The molecule has 0 spiro atoms. The fourth-order valence-corrected chi connectivity index (χ4v) is 2.36. The zero-order valence-corrected chi connectivity index (χ0v) is 14.2. The minimum atomic E-state index is -0.281. The molecule has 0 aliphatic rings. The minimum absolute atomic E-state index is 0.219. The van der Waals surface area contributed by atoms with Crippen LogP contribution in [0.1, 0.15) is 15.9 Å². The summed E-state index contributed by atoms with van der Waals surface area (Å²) in [6, 6.07) is 20.1. The van der Waals surface area contributed by atoms with Gasteiger partial charge in [-0.1, -0.05) is 18.2 Å². The van der Waals surface area contributed by atoms with Gasteiger partial charge in [-0.3, -0.25) is 4.79 Å². The Labute approximate surface area is 151 Å². The molecule has 0 unspecified atom stereocenters. The van der Waals surface area contributed by atoms with Gasteiger partial charge in [0.05, 0.1) is 7.11 Å². The summed E-state index contributed by atoms with van der Waals surface area (Å²) in [6.07, 6.45) is 0. The van der Waals surface area contributed by atoms with Crippen molar-refractivity contribution in [1.82, 2.24) is 0 Å². The van der Waals surface area contributed by atoms with E-state index in [-0.39, 0.29) is 11.7 Å². The summed E-state index contributed by atoms with van der Waals surface area (Å²) in [7, 11) is 1.58. The first-order valence-corrected chi connectivity index (χ1v) is 8.07. The molecule has 0 radical (unpaired) electrons. The van der Waals surface area contributed by atoms with Gasteiger partial charge in [0.2, 0.25) is 0 Å². The van der Waals surface area contributed by atoms with Gasteiger partial charge >= 0.3 is 0 Å². The van der Waals surface area contributed by atoms with Crippen LogP contribution >= 0.6 is 0 Å². The number of halogens is 1. The number of anilines is 1. The zero-order valence-electron chi connectivity index (χ0n) is 14.2. The van der Waals surface area contributed by atoms with E-state index in [1.165, 1.54) is 12.1 Å². The topological polar surface area (TPSA) is 47.6 Å². The maximum Gasteiger partial charge on any atom is 0.255 e. The average molecular weight is 351 g/mol. The van der Waals surface area contributed by atoms with E-state index in [2.05, 4.69) is 5.32 Å². The molecule has 0 bridgehead atoms. The Morgan fingerprint density at radius 3 is 2.38 bits per heavy atom. The monoisotopic (exact) mass is 351 g/mol. The second-order valence-electron chi connectivity index (χ2n) is 5.63. The number of amides is 1. The normalized spacial score (nSPS) is 10.2. The van der Waals surface area contributed by atoms with E-state index in [4.69, 9.17) is 9.47 Å². The van der Waals surface area contributed by atoms with Crippen LogP contribution < -0.4 is 14.8 Å². The van der Waals surface area contributed by atoms with Gasteiger partial charge in [0.1, 0.15) is 23.9 Å². The van der Waals surface area contributed by atoms with Gasteiger partial charge in [0.25, 0.3) is 5.91 Å². The first-order valence-electron chi connectivity index (χ1n) is 8.07.